The van der Waals surface area contributed by atoms with Gasteiger partial charge in [0.2, 0.25) is 5.91 Å². The van der Waals surface area contributed by atoms with Crippen molar-refractivity contribution in [1.82, 2.24) is 5.48 Å². The molecule has 0 aliphatic carbocycles. The van der Waals surface area contributed by atoms with Crippen molar-refractivity contribution in [1.29, 1.82) is 0 Å². The van der Waals surface area contributed by atoms with Gasteiger partial charge in [-0.25, -0.2) is 5.48 Å². The van der Waals surface area contributed by atoms with Gasteiger partial charge in [-0.2, -0.15) is 0 Å². The van der Waals surface area contributed by atoms with Crippen LogP contribution in [0.4, 0.5) is 0 Å². The molecule has 1 unspecified atom stereocenters. The predicted octanol–water partition coefficient (Wildman–Crippen LogP) is 1.07. The fourth-order valence-electron chi connectivity index (χ4n) is 0.495. The van der Waals surface area contributed by atoms with Crippen LogP contribution in [-0.4, -0.2) is 18.4 Å². The zero-order valence-electron chi connectivity index (χ0n) is 6.19. The molecule has 0 bridgehead atoms. The first-order valence-corrected chi connectivity index (χ1v) is 3.56. The van der Waals surface area contributed by atoms with E-state index in [9.17, 15) is 4.79 Å². The van der Waals surface area contributed by atoms with Gasteiger partial charge in [0.25, 0.3) is 0 Å². The Hall–Kier alpha value is -0.280. The Balaban J connectivity index is 3.22. The van der Waals surface area contributed by atoms with Crippen LogP contribution in [0.25, 0.3) is 0 Å². The highest BCUT2D eigenvalue weighted by molar-refractivity contribution is 6.20. The molecular weight excluding hydrogens is 154 g/mol. The minimum atomic E-state index is -0.130. The third-order valence-electron chi connectivity index (χ3n) is 0.985. The summed E-state index contributed by atoms with van der Waals surface area (Å²) in [5, 5.41) is 0.0441. The fraction of sp³-hybridized carbons (Fsp3) is 0.833. The molecule has 60 valence electrons. The van der Waals surface area contributed by atoms with Crippen LogP contribution in [0.1, 0.15) is 19.8 Å². The van der Waals surface area contributed by atoms with Crippen LogP contribution in [0.15, 0.2) is 0 Å². The predicted molar refractivity (Wildman–Crippen MR) is 39.7 cm³/mol. The summed E-state index contributed by atoms with van der Waals surface area (Å²) in [6.45, 7) is 1.85. The molecule has 4 heteroatoms. The molecule has 1 amide bonds. The van der Waals surface area contributed by atoms with Crippen molar-refractivity contribution in [2.45, 2.75) is 25.1 Å². The molecule has 0 saturated carbocycles. The Labute approximate surface area is 65.6 Å². The number of halogens is 1. The first kappa shape index (κ1) is 9.72. The smallest absolute Gasteiger partial charge is 0.243 e. The van der Waals surface area contributed by atoms with E-state index >= 15 is 0 Å². The summed E-state index contributed by atoms with van der Waals surface area (Å²) in [7, 11) is 1.40. The van der Waals surface area contributed by atoms with Crippen molar-refractivity contribution in [2.24, 2.45) is 0 Å². The molecular formula is C6H12ClNO2. The monoisotopic (exact) mass is 165 g/mol. The molecule has 0 aliphatic heterocycles. The Morgan fingerprint density at radius 2 is 2.40 bits per heavy atom. The van der Waals surface area contributed by atoms with Crippen LogP contribution >= 0.6 is 11.6 Å². The van der Waals surface area contributed by atoms with Gasteiger partial charge in [-0.1, -0.05) is 0 Å². The molecule has 0 radical (unpaired) electrons. The second kappa shape index (κ2) is 5.50. The first-order valence-electron chi connectivity index (χ1n) is 3.12. The highest BCUT2D eigenvalue weighted by Crippen LogP contribution is 2.02. The molecule has 0 aromatic heterocycles. The summed E-state index contributed by atoms with van der Waals surface area (Å²) in [6.07, 6.45) is 1.09. The molecule has 1 N–H and O–H groups in total. The summed E-state index contributed by atoms with van der Waals surface area (Å²) in [4.78, 5) is 15.0. The number of hydroxylamine groups is 1. The van der Waals surface area contributed by atoms with Crippen LogP contribution in [0.5, 0.6) is 0 Å². The summed E-state index contributed by atoms with van der Waals surface area (Å²) in [5.41, 5.74) is 2.20. The minimum Gasteiger partial charge on any atom is -0.277 e. The summed E-state index contributed by atoms with van der Waals surface area (Å²) in [5.74, 6) is -0.130. The summed E-state index contributed by atoms with van der Waals surface area (Å²) in [6, 6.07) is 0. The van der Waals surface area contributed by atoms with E-state index in [1.165, 1.54) is 7.11 Å². The van der Waals surface area contributed by atoms with Gasteiger partial charge in [0.05, 0.1) is 7.11 Å². The van der Waals surface area contributed by atoms with Crippen LogP contribution in [-0.2, 0) is 9.63 Å². The Morgan fingerprint density at radius 1 is 1.80 bits per heavy atom. The topological polar surface area (TPSA) is 38.3 Å². The molecule has 0 aromatic carbocycles. The van der Waals surface area contributed by atoms with Gasteiger partial charge in [0.15, 0.2) is 0 Å². The standard InChI is InChI=1S/C6H12ClNO2/c1-5(7)3-4-6(9)8-10-2/h5H,3-4H2,1-2H3,(H,8,9). The van der Waals surface area contributed by atoms with Gasteiger partial charge < -0.3 is 0 Å². The number of carbonyl (C=O) groups is 1. The van der Waals surface area contributed by atoms with Gasteiger partial charge in [0, 0.05) is 11.8 Å². The number of carbonyl (C=O) groups excluding carboxylic acids is 1. The van der Waals surface area contributed by atoms with Crippen LogP contribution in [0, 0.1) is 0 Å². The van der Waals surface area contributed by atoms with Gasteiger partial charge in [0.1, 0.15) is 0 Å². The lowest BCUT2D eigenvalue weighted by atomic mass is 10.2. The van der Waals surface area contributed by atoms with E-state index in [2.05, 4.69) is 10.3 Å². The van der Waals surface area contributed by atoms with Gasteiger partial charge >= 0.3 is 0 Å². The van der Waals surface area contributed by atoms with Crippen molar-refractivity contribution in [3.63, 3.8) is 0 Å². The zero-order chi connectivity index (χ0) is 7.98. The maximum atomic E-state index is 10.7. The van der Waals surface area contributed by atoms with E-state index in [1.54, 1.807) is 0 Å². The molecule has 0 aromatic rings. The first-order chi connectivity index (χ1) is 4.66. The van der Waals surface area contributed by atoms with Gasteiger partial charge in [-0.05, 0) is 13.3 Å². The average molecular weight is 166 g/mol. The lowest BCUT2D eigenvalue weighted by Crippen LogP contribution is -2.21. The van der Waals surface area contributed by atoms with E-state index in [1.807, 2.05) is 6.92 Å². The minimum absolute atomic E-state index is 0.0441. The lowest BCUT2D eigenvalue weighted by molar-refractivity contribution is -0.131. The lowest BCUT2D eigenvalue weighted by Gasteiger charge is -2.01. The van der Waals surface area contributed by atoms with E-state index in [0.29, 0.717) is 12.8 Å². The molecule has 0 rings (SSSR count). The maximum absolute atomic E-state index is 10.7. The van der Waals surface area contributed by atoms with Crippen molar-refractivity contribution in [2.75, 3.05) is 7.11 Å². The number of hydrogen-bond donors (Lipinski definition) is 1. The van der Waals surface area contributed by atoms with E-state index in [0.717, 1.165) is 0 Å². The van der Waals surface area contributed by atoms with Crippen LogP contribution < -0.4 is 5.48 Å². The van der Waals surface area contributed by atoms with Gasteiger partial charge in [-0.3, -0.25) is 9.63 Å². The summed E-state index contributed by atoms with van der Waals surface area (Å²) >= 11 is 5.60. The highest BCUT2D eigenvalue weighted by atomic mass is 35.5. The van der Waals surface area contributed by atoms with E-state index < -0.39 is 0 Å². The van der Waals surface area contributed by atoms with Crippen molar-refractivity contribution < 1.29 is 9.63 Å². The number of nitrogens with one attached hydrogen (secondary N) is 1. The van der Waals surface area contributed by atoms with E-state index in [-0.39, 0.29) is 11.3 Å². The van der Waals surface area contributed by atoms with Crippen molar-refractivity contribution >= 4 is 17.5 Å². The normalized spacial score (nSPS) is 12.7. The van der Waals surface area contributed by atoms with Gasteiger partial charge in [-0.15, -0.1) is 11.6 Å². The Kier molecular flexibility index (Phi) is 5.35. The van der Waals surface area contributed by atoms with Crippen molar-refractivity contribution in [3.05, 3.63) is 0 Å². The Morgan fingerprint density at radius 3 is 2.80 bits per heavy atom. The highest BCUT2D eigenvalue weighted by Gasteiger charge is 2.02. The number of hydrogen-bond acceptors (Lipinski definition) is 2. The molecule has 1 atom stereocenters. The van der Waals surface area contributed by atoms with Crippen molar-refractivity contribution in [3.8, 4) is 0 Å². The molecule has 0 aliphatic rings. The molecule has 3 nitrogen and oxygen atoms in total. The maximum Gasteiger partial charge on any atom is 0.243 e. The molecule has 0 heterocycles. The molecule has 0 saturated heterocycles. The average Bonchev–Trinajstić information content (AvgIpc) is 1.85. The number of amides is 1. The summed E-state index contributed by atoms with van der Waals surface area (Å²) < 4.78 is 0. The molecule has 0 spiro atoms. The third kappa shape index (κ3) is 5.85. The second-order valence-corrected chi connectivity index (χ2v) is 2.79. The van der Waals surface area contributed by atoms with Crippen LogP contribution in [0.3, 0.4) is 0 Å². The third-order valence-corrected chi connectivity index (χ3v) is 1.20. The largest absolute Gasteiger partial charge is 0.277 e. The SMILES string of the molecule is CONC(=O)CCC(C)Cl. The quantitative estimate of drug-likeness (QED) is 0.500. The number of rotatable bonds is 4. The number of alkyl halides is 1. The Bertz CT molecular complexity index is 106. The van der Waals surface area contributed by atoms with Crippen LogP contribution in [0.2, 0.25) is 0 Å². The fourth-order valence-corrected chi connectivity index (χ4v) is 0.604. The second-order valence-electron chi connectivity index (χ2n) is 2.05. The zero-order valence-corrected chi connectivity index (χ0v) is 6.94. The molecule has 10 heavy (non-hydrogen) atoms. The molecule has 0 fully saturated rings. The van der Waals surface area contributed by atoms with E-state index in [4.69, 9.17) is 11.6 Å².